The van der Waals surface area contributed by atoms with Crippen LogP contribution in [0.5, 0.6) is 17.2 Å². The number of aryl methyl sites for hydroxylation is 1. The number of rotatable bonds is 6. The highest BCUT2D eigenvalue weighted by Gasteiger charge is 2.12. The molecule has 0 atom stereocenters. The topological polar surface area (TPSA) is 56.8 Å². The maximum atomic E-state index is 13.7. The fraction of sp³-hybridized carbons (Fsp3) is 0.235. The second-order valence-electron chi connectivity index (χ2n) is 4.93. The van der Waals surface area contributed by atoms with Crippen LogP contribution in [-0.4, -0.2) is 26.7 Å². The summed E-state index contributed by atoms with van der Waals surface area (Å²) >= 11 is 3.16. The average Bonchev–Trinajstić information content (AvgIpc) is 2.55. The number of ether oxygens (including phenoxy) is 3. The molecule has 0 aliphatic rings. The number of benzene rings is 2. The van der Waals surface area contributed by atoms with Crippen LogP contribution in [0, 0.1) is 12.7 Å². The SMILES string of the molecule is COc1cc(C)c(NC(=O)COc2ccc(Br)cc2F)cc1OC. The summed E-state index contributed by atoms with van der Waals surface area (Å²) in [4.78, 5) is 12.0. The van der Waals surface area contributed by atoms with Crippen molar-refractivity contribution in [2.45, 2.75) is 6.92 Å². The van der Waals surface area contributed by atoms with Gasteiger partial charge in [-0.25, -0.2) is 4.39 Å². The predicted octanol–water partition coefficient (Wildman–Crippen LogP) is 3.93. The first-order chi connectivity index (χ1) is 11.4. The Balaban J connectivity index is 2.04. The Morgan fingerprint density at radius 1 is 1.12 bits per heavy atom. The maximum Gasteiger partial charge on any atom is 0.262 e. The van der Waals surface area contributed by atoms with Crippen molar-refractivity contribution in [2.24, 2.45) is 0 Å². The van der Waals surface area contributed by atoms with Crippen LogP contribution in [0.4, 0.5) is 10.1 Å². The molecule has 0 bridgehead atoms. The quantitative estimate of drug-likeness (QED) is 0.801. The monoisotopic (exact) mass is 397 g/mol. The fourth-order valence-electron chi connectivity index (χ4n) is 2.04. The minimum absolute atomic E-state index is 0.0115. The highest BCUT2D eigenvalue weighted by molar-refractivity contribution is 9.10. The Bertz CT molecular complexity index is 752. The fourth-order valence-corrected chi connectivity index (χ4v) is 2.37. The lowest BCUT2D eigenvalue weighted by molar-refractivity contribution is -0.118. The van der Waals surface area contributed by atoms with Crippen molar-refractivity contribution >= 4 is 27.5 Å². The molecular weight excluding hydrogens is 381 g/mol. The van der Waals surface area contributed by atoms with Crippen molar-refractivity contribution in [1.82, 2.24) is 0 Å². The van der Waals surface area contributed by atoms with E-state index in [1.54, 1.807) is 18.2 Å². The summed E-state index contributed by atoms with van der Waals surface area (Å²) in [7, 11) is 3.05. The van der Waals surface area contributed by atoms with E-state index in [0.29, 0.717) is 21.7 Å². The van der Waals surface area contributed by atoms with E-state index in [2.05, 4.69) is 21.2 Å². The number of methoxy groups -OCH3 is 2. The first-order valence-electron chi connectivity index (χ1n) is 7.05. The van der Waals surface area contributed by atoms with Gasteiger partial charge in [0.15, 0.2) is 29.7 Å². The molecule has 1 amide bonds. The second-order valence-corrected chi connectivity index (χ2v) is 5.85. The van der Waals surface area contributed by atoms with E-state index < -0.39 is 11.7 Å². The standard InChI is InChI=1S/C17H17BrFNO4/c1-10-6-15(22-2)16(23-3)8-13(10)20-17(21)9-24-14-5-4-11(18)7-12(14)19/h4-8H,9H2,1-3H3,(H,20,21). The molecule has 128 valence electrons. The molecule has 5 nitrogen and oxygen atoms in total. The Kier molecular flexibility index (Phi) is 6.03. The molecule has 0 saturated carbocycles. The van der Waals surface area contributed by atoms with Crippen LogP contribution < -0.4 is 19.5 Å². The zero-order valence-electron chi connectivity index (χ0n) is 13.5. The summed E-state index contributed by atoms with van der Waals surface area (Å²) in [5, 5.41) is 2.71. The van der Waals surface area contributed by atoms with Gasteiger partial charge in [-0.15, -0.1) is 0 Å². The third-order valence-corrected chi connectivity index (χ3v) is 3.75. The van der Waals surface area contributed by atoms with Crippen molar-refractivity contribution in [1.29, 1.82) is 0 Å². The number of carbonyl (C=O) groups excluding carboxylic acids is 1. The Morgan fingerprint density at radius 2 is 1.79 bits per heavy atom. The molecule has 1 N–H and O–H groups in total. The van der Waals surface area contributed by atoms with Gasteiger partial charge in [-0.3, -0.25) is 4.79 Å². The molecule has 0 radical (unpaired) electrons. The van der Waals surface area contributed by atoms with E-state index in [0.717, 1.165) is 5.56 Å². The molecule has 0 saturated heterocycles. The summed E-state index contributed by atoms with van der Waals surface area (Å²) in [5.74, 6) is 0.129. The lowest BCUT2D eigenvalue weighted by Gasteiger charge is -2.14. The third kappa shape index (κ3) is 4.38. The molecule has 0 aliphatic carbocycles. The van der Waals surface area contributed by atoms with Gasteiger partial charge in [-0.1, -0.05) is 15.9 Å². The molecule has 0 heterocycles. The summed E-state index contributed by atoms with van der Waals surface area (Å²) in [6, 6.07) is 7.77. The van der Waals surface area contributed by atoms with Crippen LogP contribution in [-0.2, 0) is 4.79 Å². The van der Waals surface area contributed by atoms with Gasteiger partial charge in [0.1, 0.15) is 0 Å². The minimum atomic E-state index is -0.542. The van der Waals surface area contributed by atoms with Gasteiger partial charge in [0.05, 0.1) is 14.2 Å². The van der Waals surface area contributed by atoms with E-state index in [1.807, 2.05) is 6.92 Å². The average molecular weight is 398 g/mol. The third-order valence-electron chi connectivity index (χ3n) is 3.26. The Hall–Kier alpha value is -2.28. The van der Waals surface area contributed by atoms with Gasteiger partial charge in [0.25, 0.3) is 5.91 Å². The molecule has 7 heteroatoms. The highest BCUT2D eigenvalue weighted by Crippen LogP contribution is 2.32. The first-order valence-corrected chi connectivity index (χ1v) is 7.84. The number of halogens is 2. The summed E-state index contributed by atoms with van der Waals surface area (Å²) in [6.07, 6.45) is 0. The van der Waals surface area contributed by atoms with Gasteiger partial charge in [-0.2, -0.15) is 0 Å². The minimum Gasteiger partial charge on any atom is -0.493 e. The van der Waals surface area contributed by atoms with Crippen LogP contribution in [0.15, 0.2) is 34.8 Å². The Morgan fingerprint density at radius 3 is 2.42 bits per heavy atom. The number of carbonyl (C=O) groups is 1. The van der Waals surface area contributed by atoms with E-state index in [1.165, 1.54) is 26.4 Å². The van der Waals surface area contributed by atoms with Crippen molar-refractivity contribution < 1.29 is 23.4 Å². The molecule has 2 aromatic carbocycles. The molecule has 0 aliphatic heterocycles. The number of nitrogens with one attached hydrogen (secondary N) is 1. The number of amides is 1. The molecule has 2 aromatic rings. The molecule has 0 aromatic heterocycles. The summed E-state index contributed by atoms with van der Waals surface area (Å²) in [6.45, 7) is 1.51. The molecule has 0 spiro atoms. The number of hydrogen-bond donors (Lipinski definition) is 1. The largest absolute Gasteiger partial charge is 0.493 e. The van der Waals surface area contributed by atoms with Crippen molar-refractivity contribution in [3.8, 4) is 17.2 Å². The lowest BCUT2D eigenvalue weighted by Crippen LogP contribution is -2.21. The zero-order valence-corrected chi connectivity index (χ0v) is 15.1. The van der Waals surface area contributed by atoms with Gasteiger partial charge in [0, 0.05) is 16.2 Å². The van der Waals surface area contributed by atoms with E-state index in [9.17, 15) is 9.18 Å². The summed E-state index contributed by atoms with van der Waals surface area (Å²) < 4.78 is 29.9. The molecule has 2 rings (SSSR count). The van der Waals surface area contributed by atoms with Gasteiger partial charge >= 0.3 is 0 Å². The van der Waals surface area contributed by atoms with E-state index in [-0.39, 0.29) is 12.4 Å². The van der Waals surface area contributed by atoms with Crippen LogP contribution in [0.2, 0.25) is 0 Å². The molecule has 0 fully saturated rings. The van der Waals surface area contributed by atoms with Gasteiger partial charge in [0.2, 0.25) is 0 Å². The lowest BCUT2D eigenvalue weighted by atomic mass is 10.1. The highest BCUT2D eigenvalue weighted by atomic mass is 79.9. The smallest absolute Gasteiger partial charge is 0.262 e. The van der Waals surface area contributed by atoms with Crippen molar-refractivity contribution in [3.63, 3.8) is 0 Å². The van der Waals surface area contributed by atoms with Crippen molar-refractivity contribution in [2.75, 3.05) is 26.1 Å². The second kappa shape index (κ2) is 8.01. The molecule has 0 unspecified atom stereocenters. The van der Waals surface area contributed by atoms with E-state index in [4.69, 9.17) is 14.2 Å². The molecule has 24 heavy (non-hydrogen) atoms. The molecular formula is C17H17BrFNO4. The van der Waals surface area contributed by atoms with Gasteiger partial charge in [-0.05, 0) is 36.8 Å². The van der Waals surface area contributed by atoms with E-state index >= 15 is 0 Å². The normalized spacial score (nSPS) is 10.2. The van der Waals surface area contributed by atoms with Crippen LogP contribution in [0.3, 0.4) is 0 Å². The zero-order chi connectivity index (χ0) is 17.7. The Labute approximate surface area is 147 Å². The summed E-state index contributed by atoms with van der Waals surface area (Å²) in [5.41, 5.74) is 1.37. The van der Waals surface area contributed by atoms with Crippen LogP contribution in [0.25, 0.3) is 0 Å². The number of anilines is 1. The van der Waals surface area contributed by atoms with Crippen molar-refractivity contribution in [3.05, 3.63) is 46.2 Å². The predicted molar refractivity (Wildman–Crippen MR) is 92.5 cm³/mol. The van der Waals surface area contributed by atoms with Crippen LogP contribution in [0.1, 0.15) is 5.56 Å². The maximum absolute atomic E-state index is 13.7. The van der Waals surface area contributed by atoms with Crippen LogP contribution >= 0.6 is 15.9 Å². The van der Waals surface area contributed by atoms with Gasteiger partial charge < -0.3 is 19.5 Å². The first kappa shape index (κ1) is 18.1. The number of hydrogen-bond acceptors (Lipinski definition) is 4.